The van der Waals surface area contributed by atoms with Gasteiger partial charge in [0.15, 0.2) is 0 Å². The molecule has 1 fully saturated rings. The molecule has 0 spiro atoms. The fourth-order valence-corrected chi connectivity index (χ4v) is 2.47. The third-order valence-electron chi connectivity index (χ3n) is 3.50. The van der Waals surface area contributed by atoms with Gasteiger partial charge in [-0.15, -0.1) is 0 Å². The molecule has 1 aliphatic heterocycles. The van der Waals surface area contributed by atoms with Gasteiger partial charge in [-0.3, -0.25) is 4.98 Å². The summed E-state index contributed by atoms with van der Waals surface area (Å²) in [6.07, 6.45) is 6.57. The van der Waals surface area contributed by atoms with Crippen molar-refractivity contribution in [2.75, 3.05) is 31.6 Å². The van der Waals surface area contributed by atoms with E-state index >= 15 is 0 Å². The Morgan fingerprint density at radius 2 is 2.44 bits per heavy atom. The highest BCUT2D eigenvalue weighted by molar-refractivity contribution is 5.52. The minimum absolute atomic E-state index is 0.360. The van der Waals surface area contributed by atoms with E-state index in [9.17, 15) is 0 Å². The first-order chi connectivity index (χ1) is 8.85. The van der Waals surface area contributed by atoms with Gasteiger partial charge in [0.25, 0.3) is 0 Å². The Hall–Kier alpha value is -1.13. The fourth-order valence-electron chi connectivity index (χ4n) is 2.47. The second kappa shape index (κ2) is 6.71. The molecule has 1 aromatic heterocycles. The Bertz CT molecular complexity index is 370. The smallest absolute Gasteiger partial charge is 0.0746 e. The van der Waals surface area contributed by atoms with Crippen LogP contribution in [0.5, 0.6) is 0 Å². The zero-order chi connectivity index (χ0) is 12.8. The van der Waals surface area contributed by atoms with Crippen molar-refractivity contribution < 1.29 is 4.74 Å². The van der Waals surface area contributed by atoms with Crippen LogP contribution in [0.15, 0.2) is 18.5 Å². The van der Waals surface area contributed by atoms with Crippen molar-refractivity contribution in [2.24, 2.45) is 0 Å². The van der Waals surface area contributed by atoms with Gasteiger partial charge in [0.1, 0.15) is 0 Å². The lowest BCUT2D eigenvalue weighted by molar-refractivity contribution is 0.0893. The highest BCUT2D eigenvalue weighted by Crippen LogP contribution is 2.24. The van der Waals surface area contributed by atoms with Gasteiger partial charge >= 0.3 is 0 Å². The van der Waals surface area contributed by atoms with E-state index in [1.807, 2.05) is 12.4 Å². The highest BCUT2D eigenvalue weighted by atomic mass is 16.5. The Morgan fingerprint density at radius 3 is 3.22 bits per heavy atom. The second-order valence-corrected chi connectivity index (χ2v) is 4.73. The maximum absolute atomic E-state index is 5.49. The number of nitrogens with one attached hydrogen (secondary N) is 1. The summed E-state index contributed by atoms with van der Waals surface area (Å²) >= 11 is 0. The normalized spacial score (nSPS) is 20.1. The molecule has 1 saturated heterocycles. The van der Waals surface area contributed by atoms with E-state index in [4.69, 9.17) is 4.74 Å². The van der Waals surface area contributed by atoms with E-state index in [1.165, 1.54) is 24.1 Å². The van der Waals surface area contributed by atoms with Crippen LogP contribution >= 0.6 is 0 Å². The number of nitrogens with zero attached hydrogens (tertiary/aromatic N) is 2. The van der Waals surface area contributed by atoms with Gasteiger partial charge in [0, 0.05) is 50.4 Å². The molecule has 0 radical (unpaired) electrons. The number of methoxy groups -OCH3 is 1. The summed E-state index contributed by atoms with van der Waals surface area (Å²) in [6, 6.07) is 2.12. The molecular formula is C14H23N3O. The molecule has 100 valence electrons. The first kappa shape index (κ1) is 13.3. The molecule has 18 heavy (non-hydrogen) atoms. The van der Waals surface area contributed by atoms with Crippen LogP contribution in [0.2, 0.25) is 0 Å². The summed E-state index contributed by atoms with van der Waals surface area (Å²) < 4.78 is 5.49. The van der Waals surface area contributed by atoms with Crippen LogP contribution in [0.3, 0.4) is 0 Å². The van der Waals surface area contributed by atoms with Crippen molar-refractivity contribution >= 4 is 5.69 Å². The molecular weight excluding hydrogens is 226 g/mol. The van der Waals surface area contributed by atoms with Gasteiger partial charge in [-0.1, -0.05) is 6.92 Å². The number of rotatable bonds is 5. The van der Waals surface area contributed by atoms with E-state index in [0.29, 0.717) is 6.10 Å². The topological polar surface area (TPSA) is 37.4 Å². The number of hydrogen-bond acceptors (Lipinski definition) is 4. The van der Waals surface area contributed by atoms with Gasteiger partial charge in [0.2, 0.25) is 0 Å². The summed E-state index contributed by atoms with van der Waals surface area (Å²) in [5, 5.41) is 3.37. The van der Waals surface area contributed by atoms with E-state index in [2.05, 4.69) is 28.2 Å². The lowest BCUT2D eigenvalue weighted by atomic mass is 10.1. The van der Waals surface area contributed by atoms with E-state index in [0.717, 1.165) is 26.2 Å². The lowest BCUT2D eigenvalue weighted by Crippen LogP contribution is -2.39. The van der Waals surface area contributed by atoms with Crippen LogP contribution in [-0.2, 0) is 11.3 Å². The predicted octanol–water partition coefficient (Wildman–Crippen LogP) is 1.81. The van der Waals surface area contributed by atoms with Crippen LogP contribution in [0.25, 0.3) is 0 Å². The standard InChI is InChI=1S/C14H23N3O/c1-3-15-9-12-10-16-7-6-14(12)17-8-4-5-13(11-17)18-2/h6-7,10,13,15H,3-5,8-9,11H2,1-2H3. The fraction of sp³-hybridized carbons (Fsp3) is 0.643. The van der Waals surface area contributed by atoms with Crippen molar-refractivity contribution in [3.8, 4) is 0 Å². The average molecular weight is 249 g/mol. The molecule has 1 aromatic rings. The average Bonchev–Trinajstić information content (AvgIpc) is 2.45. The van der Waals surface area contributed by atoms with Crippen molar-refractivity contribution in [2.45, 2.75) is 32.4 Å². The predicted molar refractivity (Wildman–Crippen MR) is 73.9 cm³/mol. The zero-order valence-electron chi connectivity index (χ0n) is 11.4. The monoisotopic (exact) mass is 249 g/mol. The van der Waals surface area contributed by atoms with Crippen LogP contribution in [0.1, 0.15) is 25.3 Å². The van der Waals surface area contributed by atoms with Crippen LogP contribution in [0.4, 0.5) is 5.69 Å². The number of ether oxygens (including phenoxy) is 1. The largest absolute Gasteiger partial charge is 0.380 e. The third kappa shape index (κ3) is 3.21. The maximum Gasteiger partial charge on any atom is 0.0746 e. The summed E-state index contributed by atoms with van der Waals surface area (Å²) in [6.45, 7) is 6.09. The van der Waals surface area contributed by atoms with Gasteiger partial charge in [-0.05, 0) is 25.5 Å². The molecule has 0 aromatic carbocycles. The Kier molecular flexibility index (Phi) is 4.96. The molecule has 0 amide bonds. The Labute approximate surface area is 109 Å². The van der Waals surface area contributed by atoms with Crippen molar-refractivity contribution in [3.05, 3.63) is 24.0 Å². The van der Waals surface area contributed by atoms with Crippen molar-refractivity contribution in [1.29, 1.82) is 0 Å². The van der Waals surface area contributed by atoms with Gasteiger partial charge in [0.05, 0.1) is 6.10 Å². The van der Waals surface area contributed by atoms with E-state index in [-0.39, 0.29) is 0 Å². The number of aromatic nitrogens is 1. The first-order valence-corrected chi connectivity index (χ1v) is 6.76. The van der Waals surface area contributed by atoms with E-state index in [1.54, 1.807) is 7.11 Å². The molecule has 1 N–H and O–H groups in total. The minimum atomic E-state index is 0.360. The molecule has 0 bridgehead atoms. The summed E-state index contributed by atoms with van der Waals surface area (Å²) in [5.74, 6) is 0. The highest BCUT2D eigenvalue weighted by Gasteiger charge is 2.21. The SMILES string of the molecule is CCNCc1cnccc1N1CCCC(OC)C1. The Morgan fingerprint density at radius 1 is 1.56 bits per heavy atom. The minimum Gasteiger partial charge on any atom is -0.380 e. The Balaban J connectivity index is 2.11. The van der Waals surface area contributed by atoms with Crippen LogP contribution < -0.4 is 10.2 Å². The number of anilines is 1. The number of pyridine rings is 1. The quantitative estimate of drug-likeness (QED) is 0.863. The molecule has 4 heteroatoms. The molecule has 1 unspecified atom stereocenters. The molecule has 1 aliphatic rings. The zero-order valence-corrected chi connectivity index (χ0v) is 11.4. The number of hydrogen-bond donors (Lipinski definition) is 1. The molecule has 1 atom stereocenters. The summed E-state index contributed by atoms with van der Waals surface area (Å²) in [7, 11) is 1.81. The first-order valence-electron chi connectivity index (χ1n) is 6.76. The summed E-state index contributed by atoms with van der Waals surface area (Å²) in [4.78, 5) is 6.66. The number of piperidine rings is 1. The van der Waals surface area contributed by atoms with E-state index < -0.39 is 0 Å². The van der Waals surface area contributed by atoms with Gasteiger partial charge in [-0.25, -0.2) is 0 Å². The van der Waals surface area contributed by atoms with Gasteiger partial charge < -0.3 is 15.0 Å². The van der Waals surface area contributed by atoms with Crippen LogP contribution in [-0.4, -0.2) is 37.8 Å². The second-order valence-electron chi connectivity index (χ2n) is 4.73. The van der Waals surface area contributed by atoms with Crippen LogP contribution in [0, 0.1) is 0 Å². The maximum atomic E-state index is 5.49. The molecule has 2 rings (SSSR count). The molecule has 2 heterocycles. The molecule has 0 aliphatic carbocycles. The van der Waals surface area contributed by atoms with Gasteiger partial charge in [-0.2, -0.15) is 0 Å². The van der Waals surface area contributed by atoms with Crippen molar-refractivity contribution in [1.82, 2.24) is 10.3 Å². The lowest BCUT2D eigenvalue weighted by Gasteiger charge is -2.34. The molecule has 4 nitrogen and oxygen atoms in total. The summed E-state index contributed by atoms with van der Waals surface area (Å²) in [5.41, 5.74) is 2.57. The molecule has 0 saturated carbocycles. The third-order valence-corrected chi connectivity index (χ3v) is 3.50. The van der Waals surface area contributed by atoms with Crippen molar-refractivity contribution in [3.63, 3.8) is 0 Å².